The zero-order chi connectivity index (χ0) is 31.0. The summed E-state index contributed by atoms with van der Waals surface area (Å²) in [7, 11) is 0. The molecule has 0 aliphatic rings. The van der Waals surface area contributed by atoms with Crippen LogP contribution in [0.1, 0.15) is 207 Å². The Morgan fingerprint density at radius 3 is 1.19 bits per heavy atom. The number of carbonyl (C=O) groups is 2. The molecule has 42 heavy (non-hydrogen) atoms. The molecule has 0 bridgehead atoms. The fraction of sp³-hybridized carbons (Fsp3) is 0.946. The molecule has 0 aromatic rings. The van der Waals surface area contributed by atoms with E-state index in [-0.39, 0.29) is 18.4 Å². The van der Waals surface area contributed by atoms with Crippen LogP contribution in [-0.4, -0.2) is 30.7 Å². The summed E-state index contributed by atoms with van der Waals surface area (Å²) < 4.78 is 11.1. The van der Waals surface area contributed by atoms with E-state index < -0.39 is 5.54 Å². The minimum Gasteiger partial charge on any atom is -0.466 e. The highest BCUT2D eigenvalue weighted by molar-refractivity contribution is 5.81. The molecule has 0 unspecified atom stereocenters. The van der Waals surface area contributed by atoms with E-state index in [0.29, 0.717) is 26.1 Å². The molecule has 5 heteroatoms. The Morgan fingerprint density at radius 1 is 0.452 bits per heavy atom. The van der Waals surface area contributed by atoms with Crippen LogP contribution in [0, 0.1) is 0 Å². The number of nitrogens with two attached hydrogens (primary N) is 1. The molecule has 0 radical (unpaired) electrons. The Hall–Kier alpha value is -1.10. The average molecular weight is 596 g/mol. The summed E-state index contributed by atoms with van der Waals surface area (Å²) in [5.41, 5.74) is 5.54. The van der Waals surface area contributed by atoms with Gasteiger partial charge in [0.15, 0.2) is 0 Å². The molecule has 0 spiro atoms. The first-order valence-corrected chi connectivity index (χ1v) is 18.6. The van der Waals surface area contributed by atoms with Crippen LogP contribution in [0.5, 0.6) is 0 Å². The van der Waals surface area contributed by atoms with Gasteiger partial charge in [-0.05, 0) is 25.7 Å². The monoisotopic (exact) mass is 596 g/mol. The van der Waals surface area contributed by atoms with Gasteiger partial charge >= 0.3 is 11.9 Å². The number of hydrogen-bond acceptors (Lipinski definition) is 5. The van der Waals surface area contributed by atoms with Crippen molar-refractivity contribution in [3.8, 4) is 0 Å². The topological polar surface area (TPSA) is 78.6 Å². The largest absolute Gasteiger partial charge is 0.466 e. The first kappa shape index (κ1) is 40.9. The zero-order valence-electron chi connectivity index (χ0n) is 28.6. The standard InChI is InChI=1S/C37H73NO4/c1-4-7-10-13-16-18-20-22-25-28-33-41-35(39)30-32-37(38,31-27-24-15-12-9-6-3)36(40)42-34-29-26-23-21-19-17-14-11-8-5-2/h4-34,38H2,1-3H3/t37-/m1/s1. The van der Waals surface area contributed by atoms with Crippen molar-refractivity contribution in [3.63, 3.8) is 0 Å². The van der Waals surface area contributed by atoms with Gasteiger partial charge in [0.1, 0.15) is 5.54 Å². The lowest BCUT2D eigenvalue weighted by Gasteiger charge is -2.27. The predicted octanol–water partition coefficient (Wildman–Crippen LogP) is 11.1. The summed E-state index contributed by atoms with van der Waals surface area (Å²) in [4.78, 5) is 25.5. The highest BCUT2D eigenvalue weighted by Crippen LogP contribution is 2.22. The summed E-state index contributed by atoms with van der Waals surface area (Å²) >= 11 is 0. The van der Waals surface area contributed by atoms with Crippen molar-refractivity contribution < 1.29 is 19.1 Å². The van der Waals surface area contributed by atoms with E-state index in [4.69, 9.17) is 15.2 Å². The maximum absolute atomic E-state index is 13.1. The molecule has 0 aliphatic carbocycles. The number of unbranched alkanes of at least 4 members (excludes halogenated alkanes) is 23. The van der Waals surface area contributed by atoms with E-state index >= 15 is 0 Å². The molecule has 0 aromatic carbocycles. The second-order valence-electron chi connectivity index (χ2n) is 12.9. The van der Waals surface area contributed by atoms with Crippen LogP contribution in [0.15, 0.2) is 0 Å². The van der Waals surface area contributed by atoms with Gasteiger partial charge in [-0.25, -0.2) is 0 Å². The smallest absolute Gasteiger partial charge is 0.326 e. The molecule has 0 aromatic heterocycles. The van der Waals surface area contributed by atoms with Gasteiger partial charge in [-0.15, -0.1) is 0 Å². The van der Waals surface area contributed by atoms with Crippen LogP contribution in [0.3, 0.4) is 0 Å². The van der Waals surface area contributed by atoms with E-state index in [1.54, 1.807) is 0 Å². The maximum Gasteiger partial charge on any atom is 0.326 e. The van der Waals surface area contributed by atoms with Gasteiger partial charge in [0.2, 0.25) is 0 Å². The molecular formula is C37H73NO4. The van der Waals surface area contributed by atoms with E-state index in [1.807, 2.05) is 0 Å². The minimum atomic E-state index is -1.10. The first-order chi connectivity index (χ1) is 20.5. The van der Waals surface area contributed by atoms with Gasteiger partial charge in [0.25, 0.3) is 0 Å². The number of rotatable bonds is 33. The second kappa shape index (κ2) is 31.3. The Kier molecular flexibility index (Phi) is 30.5. The molecule has 5 nitrogen and oxygen atoms in total. The lowest BCUT2D eigenvalue weighted by molar-refractivity contribution is -0.152. The van der Waals surface area contributed by atoms with Crippen molar-refractivity contribution in [2.45, 2.75) is 213 Å². The molecule has 250 valence electrons. The van der Waals surface area contributed by atoms with Crippen LogP contribution in [0.4, 0.5) is 0 Å². The highest BCUT2D eigenvalue weighted by Gasteiger charge is 2.35. The van der Waals surface area contributed by atoms with Crippen molar-refractivity contribution >= 4 is 11.9 Å². The quantitative estimate of drug-likeness (QED) is 0.0603. The fourth-order valence-electron chi connectivity index (χ4n) is 5.62. The lowest BCUT2D eigenvalue weighted by atomic mass is 9.88. The molecule has 0 fully saturated rings. The normalized spacial score (nSPS) is 12.8. The van der Waals surface area contributed by atoms with Crippen molar-refractivity contribution in [3.05, 3.63) is 0 Å². The van der Waals surface area contributed by atoms with Crippen molar-refractivity contribution in [2.24, 2.45) is 5.73 Å². The van der Waals surface area contributed by atoms with Crippen LogP contribution >= 0.6 is 0 Å². The van der Waals surface area contributed by atoms with Crippen molar-refractivity contribution in [2.75, 3.05) is 13.2 Å². The summed E-state index contributed by atoms with van der Waals surface area (Å²) in [6.45, 7) is 7.61. The number of carbonyl (C=O) groups excluding carboxylic acids is 2. The van der Waals surface area contributed by atoms with Crippen molar-refractivity contribution in [1.29, 1.82) is 0 Å². The summed E-state index contributed by atoms with van der Waals surface area (Å²) in [5.74, 6) is -0.583. The zero-order valence-corrected chi connectivity index (χ0v) is 28.6. The van der Waals surface area contributed by atoms with Crippen molar-refractivity contribution in [1.82, 2.24) is 0 Å². The van der Waals surface area contributed by atoms with E-state index in [9.17, 15) is 9.59 Å². The number of hydrogen-bond donors (Lipinski definition) is 1. The maximum atomic E-state index is 13.1. The second-order valence-corrected chi connectivity index (χ2v) is 12.9. The first-order valence-electron chi connectivity index (χ1n) is 18.6. The SMILES string of the molecule is CCCCCCCCCCCCOC(=O)CC[C@](N)(CCCCCCCC)C(=O)OCCCCCCCCCCCC. The van der Waals surface area contributed by atoms with Crippen LogP contribution in [0.2, 0.25) is 0 Å². The number of esters is 2. The van der Waals surface area contributed by atoms with Gasteiger partial charge in [-0.2, -0.15) is 0 Å². The Bertz CT molecular complexity index is 596. The van der Waals surface area contributed by atoms with Gasteiger partial charge in [-0.1, -0.05) is 175 Å². The third-order valence-electron chi connectivity index (χ3n) is 8.65. The minimum absolute atomic E-state index is 0.178. The molecule has 1 atom stereocenters. The molecule has 0 amide bonds. The Morgan fingerprint density at radius 2 is 0.786 bits per heavy atom. The van der Waals surface area contributed by atoms with Crippen LogP contribution < -0.4 is 5.73 Å². The average Bonchev–Trinajstić information content (AvgIpc) is 2.99. The van der Waals surface area contributed by atoms with Gasteiger partial charge < -0.3 is 15.2 Å². The van der Waals surface area contributed by atoms with E-state index in [2.05, 4.69) is 20.8 Å². The van der Waals surface area contributed by atoms with Gasteiger partial charge in [0, 0.05) is 6.42 Å². The molecular weight excluding hydrogens is 522 g/mol. The number of ether oxygens (including phenoxy) is 2. The summed E-state index contributed by atoms with van der Waals surface area (Å²) in [5, 5.41) is 0. The Balaban J connectivity index is 4.25. The molecule has 0 aliphatic heterocycles. The molecule has 0 rings (SSSR count). The molecule has 0 saturated carbocycles. The Labute approximate surface area is 262 Å². The van der Waals surface area contributed by atoms with Crippen LogP contribution in [-0.2, 0) is 19.1 Å². The highest BCUT2D eigenvalue weighted by atomic mass is 16.5. The van der Waals surface area contributed by atoms with Gasteiger partial charge in [0.05, 0.1) is 13.2 Å². The summed E-state index contributed by atoms with van der Waals surface area (Å²) in [6.07, 6.45) is 32.8. The fourth-order valence-corrected chi connectivity index (χ4v) is 5.62. The molecule has 0 saturated heterocycles. The van der Waals surface area contributed by atoms with Crippen LogP contribution in [0.25, 0.3) is 0 Å². The third kappa shape index (κ3) is 26.5. The predicted molar refractivity (Wildman–Crippen MR) is 180 cm³/mol. The van der Waals surface area contributed by atoms with E-state index in [0.717, 1.165) is 38.5 Å². The lowest BCUT2D eigenvalue weighted by Crippen LogP contribution is -2.49. The molecule has 0 heterocycles. The molecule has 2 N–H and O–H groups in total. The van der Waals surface area contributed by atoms with E-state index in [1.165, 1.54) is 128 Å². The summed E-state index contributed by atoms with van der Waals surface area (Å²) in [6, 6.07) is 0. The third-order valence-corrected chi connectivity index (χ3v) is 8.65. The van der Waals surface area contributed by atoms with Gasteiger partial charge in [-0.3, -0.25) is 9.59 Å².